The van der Waals surface area contributed by atoms with Gasteiger partial charge in [-0.05, 0) is 36.1 Å². The van der Waals surface area contributed by atoms with Crippen molar-refractivity contribution in [2.24, 2.45) is 0 Å². The third-order valence-corrected chi connectivity index (χ3v) is 4.36. The van der Waals surface area contributed by atoms with E-state index in [9.17, 15) is 14.7 Å². The Hall–Kier alpha value is -2.02. The third kappa shape index (κ3) is 4.99. The monoisotopic (exact) mass is 364 g/mol. The number of carbonyl (C=O) groups excluding carboxylic acids is 2. The molecule has 2 aromatic carbocycles. The molecule has 0 spiro atoms. The lowest BCUT2D eigenvalue weighted by molar-refractivity contribution is -0.136. The largest absolute Gasteiger partial charge is 0.387 e. The van der Waals surface area contributed by atoms with Crippen LogP contribution in [0.2, 0.25) is 5.02 Å². The van der Waals surface area contributed by atoms with E-state index in [1.165, 1.54) is 0 Å². The molecular weight excluding hydrogens is 348 g/mol. The van der Waals surface area contributed by atoms with Gasteiger partial charge in [0, 0.05) is 11.4 Å². The first-order valence-electron chi connectivity index (χ1n) is 7.17. The molecule has 3 N–H and O–H groups in total. The summed E-state index contributed by atoms with van der Waals surface area (Å²) in [4.78, 5) is 24.7. The number of anilines is 1. The fourth-order valence-corrected chi connectivity index (χ4v) is 2.55. The van der Waals surface area contributed by atoms with Crippen LogP contribution in [-0.4, -0.2) is 29.7 Å². The predicted molar refractivity (Wildman–Crippen MR) is 96.3 cm³/mol. The molecule has 0 bridgehead atoms. The number of nitrogens with one attached hydrogen (secondary N) is 2. The van der Waals surface area contributed by atoms with Crippen LogP contribution in [0.4, 0.5) is 5.69 Å². The minimum absolute atomic E-state index is 0.0621. The summed E-state index contributed by atoms with van der Waals surface area (Å²) in [6.07, 6.45) is 1.07. The second-order valence-electron chi connectivity index (χ2n) is 4.93. The van der Waals surface area contributed by atoms with Crippen LogP contribution in [0.1, 0.15) is 11.7 Å². The number of hydrogen-bond donors (Lipinski definition) is 3. The van der Waals surface area contributed by atoms with Gasteiger partial charge in [0.05, 0.1) is 16.8 Å². The van der Waals surface area contributed by atoms with E-state index in [-0.39, 0.29) is 6.54 Å². The minimum Gasteiger partial charge on any atom is -0.387 e. The van der Waals surface area contributed by atoms with Gasteiger partial charge in [0.2, 0.25) is 0 Å². The number of hydrogen-bond acceptors (Lipinski definition) is 4. The van der Waals surface area contributed by atoms with E-state index in [0.29, 0.717) is 16.3 Å². The Morgan fingerprint density at radius 2 is 1.79 bits per heavy atom. The van der Waals surface area contributed by atoms with Gasteiger partial charge >= 0.3 is 11.8 Å². The number of carbonyl (C=O) groups is 2. The molecule has 0 aliphatic carbocycles. The zero-order chi connectivity index (χ0) is 17.5. The Morgan fingerprint density at radius 1 is 1.12 bits per heavy atom. The molecule has 126 valence electrons. The van der Waals surface area contributed by atoms with Gasteiger partial charge in [0.1, 0.15) is 0 Å². The zero-order valence-corrected chi connectivity index (χ0v) is 14.5. The van der Waals surface area contributed by atoms with E-state index in [2.05, 4.69) is 10.6 Å². The van der Waals surface area contributed by atoms with Gasteiger partial charge in [-0.15, -0.1) is 11.8 Å². The number of aliphatic hydroxyl groups excluding tert-OH is 1. The highest BCUT2D eigenvalue weighted by atomic mass is 35.5. The molecule has 2 rings (SSSR count). The first-order chi connectivity index (χ1) is 11.5. The molecular formula is C17H17ClN2O3S. The number of para-hydroxylation sites is 1. The summed E-state index contributed by atoms with van der Waals surface area (Å²) < 4.78 is 0. The number of rotatable bonds is 5. The van der Waals surface area contributed by atoms with Crippen molar-refractivity contribution in [1.29, 1.82) is 0 Å². The Kier molecular flexibility index (Phi) is 6.66. The summed E-state index contributed by atoms with van der Waals surface area (Å²) >= 11 is 7.52. The molecule has 2 aromatic rings. The molecule has 0 radical (unpaired) electrons. The maximum absolute atomic E-state index is 11.8. The fourth-order valence-electron chi connectivity index (χ4n) is 1.96. The average molecular weight is 365 g/mol. The lowest BCUT2D eigenvalue weighted by Gasteiger charge is -2.13. The van der Waals surface area contributed by atoms with Crippen LogP contribution in [0.15, 0.2) is 53.4 Å². The van der Waals surface area contributed by atoms with E-state index in [0.717, 1.165) is 4.90 Å². The smallest absolute Gasteiger partial charge is 0.313 e. The average Bonchev–Trinajstić information content (AvgIpc) is 2.61. The van der Waals surface area contributed by atoms with Crippen LogP contribution in [0.3, 0.4) is 0 Å². The quantitative estimate of drug-likeness (QED) is 0.563. The Morgan fingerprint density at radius 3 is 2.42 bits per heavy atom. The fraction of sp³-hybridized carbons (Fsp3) is 0.176. The molecule has 0 heterocycles. The van der Waals surface area contributed by atoms with Crippen LogP contribution in [0.5, 0.6) is 0 Å². The SMILES string of the molecule is CSc1ccc([C@@H](O)CNC(=O)C(=O)Nc2ccccc2Cl)cc1. The van der Waals surface area contributed by atoms with Gasteiger partial charge < -0.3 is 15.7 Å². The van der Waals surface area contributed by atoms with Gasteiger partial charge in [-0.3, -0.25) is 9.59 Å². The van der Waals surface area contributed by atoms with E-state index >= 15 is 0 Å². The lowest BCUT2D eigenvalue weighted by Crippen LogP contribution is -2.37. The van der Waals surface area contributed by atoms with Crippen molar-refractivity contribution in [2.45, 2.75) is 11.0 Å². The van der Waals surface area contributed by atoms with Crippen molar-refractivity contribution in [2.75, 3.05) is 18.1 Å². The highest BCUT2D eigenvalue weighted by Gasteiger charge is 2.16. The molecule has 24 heavy (non-hydrogen) atoms. The molecule has 0 saturated heterocycles. The van der Waals surface area contributed by atoms with Crippen molar-refractivity contribution in [3.8, 4) is 0 Å². The molecule has 5 nitrogen and oxygen atoms in total. The van der Waals surface area contributed by atoms with E-state index in [4.69, 9.17) is 11.6 Å². The molecule has 0 saturated carbocycles. The van der Waals surface area contributed by atoms with Gasteiger partial charge in [-0.1, -0.05) is 35.9 Å². The predicted octanol–water partition coefficient (Wildman–Crippen LogP) is 2.85. The molecule has 0 aliphatic heterocycles. The van der Waals surface area contributed by atoms with Crippen molar-refractivity contribution >= 4 is 40.9 Å². The Labute approximate surface area is 149 Å². The van der Waals surface area contributed by atoms with Crippen molar-refractivity contribution in [3.63, 3.8) is 0 Å². The summed E-state index contributed by atoms with van der Waals surface area (Å²) in [6.45, 7) is -0.0621. The first-order valence-corrected chi connectivity index (χ1v) is 8.77. The van der Waals surface area contributed by atoms with Crippen LogP contribution in [0, 0.1) is 0 Å². The number of aliphatic hydroxyl groups is 1. The zero-order valence-electron chi connectivity index (χ0n) is 13.0. The molecule has 0 fully saturated rings. The number of amides is 2. The summed E-state index contributed by atoms with van der Waals surface area (Å²) in [5.41, 5.74) is 1.02. The summed E-state index contributed by atoms with van der Waals surface area (Å²) in [7, 11) is 0. The van der Waals surface area contributed by atoms with E-state index in [1.54, 1.807) is 48.2 Å². The van der Waals surface area contributed by atoms with Crippen LogP contribution in [0.25, 0.3) is 0 Å². The van der Waals surface area contributed by atoms with Crippen LogP contribution in [-0.2, 0) is 9.59 Å². The highest BCUT2D eigenvalue weighted by Crippen LogP contribution is 2.20. The molecule has 0 unspecified atom stereocenters. The standard InChI is InChI=1S/C17H17ClN2O3S/c1-24-12-8-6-11(7-9-12)15(21)10-19-16(22)17(23)20-14-5-3-2-4-13(14)18/h2-9,15,21H,10H2,1H3,(H,19,22)(H,20,23)/t15-/m0/s1. The van der Waals surface area contributed by atoms with Gasteiger partial charge in [0.25, 0.3) is 0 Å². The van der Waals surface area contributed by atoms with Crippen LogP contribution < -0.4 is 10.6 Å². The number of thioether (sulfide) groups is 1. The second kappa shape index (κ2) is 8.73. The minimum atomic E-state index is -0.891. The molecule has 0 aromatic heterocycles. The van der Waals surface area contributed by atoms with E-state index in [1.807, 2.05) is 18.4 Å². The van der Waals surface area contributed by atoms with Crippen molar-refractivity contribution in [3.05, 3.63) is 59.1 Å². The van der Waals surface area contributed by atoms with Gasteiger partial charge in [0.15, 0.2) is 0 Å². The highest BCUT2D eigenvalue weighted by molar-refractivity contribution is 7.98. The Balaban J connectivity index is 1.87. The van der Waals surface area contributed by atoms with Crippen LogP contribution >= 0.6 is 23.4 Å². The van der Waals surface area contributed by atoms with E-state index < -0.39 is 17.9 Å². The second-order valence-corrected chi connectivity index (χ2v) is 6.22. The normalized spacial score (nSPS) is 11.6. The Bertz CT molecular complexity index is 722. The lowest BCUT2D eigenvalue weighted by atomic mass is 10.1. The maximum atomic E-state index is 11.8. The van der Waals surface area contributed by atoms with Crippen molar-refractivity contribution < 1.29 is 14.7 Å². The first kappa shape index (κ1) is 18.3. The number of benzene rings is 2. The van der Waals surface area contributed by atoms with Crippen molar-refractivity contribution in [1.82, 2.24) is 5.32 Å². The van der Waals surface area contributed by atoms with Gasteiger partial charge in [-0.25, -0.2) is 0 Å². The maximum Gasteiger partial charge on any atom is 0.313 e. The molecule has 7 heteroatoms. The molecule has 0 aliphatic rings. The third-order valence-electron chi connectivity index (χ3n) is 3.28. The summed E-state index contributed by atoms with van der Waals surface area (Å²) in [6, 6.07) is 14.0. The molecule has 2 amide bonds. The molecule has 1 atom stereocenters. The number of halogens is 1. The topological polar surface area (TPSA) is 78.4 Å². The van der Waals surface area contributed by atoms with Gasteiger partial charge in [-0.2, -0.15) is 0 Å². The summed E-state index contributed by atoms with van der Waals surface area (Å²) in [5, 5.41) is 15.2. The summed E-state index contributed by atoms with van der Waals surface area (Å²) in [5.74, 6) is -1.68.